The molecule has 1 N–H and O–H groups in total. The van der Waals surface area contributed by atoms with Gasteiger partial charge in [0, 0.05) is 13.5 Å². The highest BCUT2D eigenvalue weighted by Crippen LogP contribution is 2.31. The van der Waals surface area contributed by atoms with Crippen molar-refractivity contribution in [2.45, 2.75) is 38.1 Å². The van der Waals surface area contributed by atoms with Crippen LogP contribution in [-0.2, 0) is 14.3 Å². The van der Waals surface area contributed by atoms with Gasteiger partial charge in [0.15, 0.2) is 6.10 Å². The molecule has 4 heteroatoms. The summed E-state index contributed by atoms with van der Waals surface area (Å²) in [6.45, 7) is 3.67. The summed E-state index contributed by atoms with van der Waals surface area (Å²) in [4.78, 5) is 10.6. The summed E-state index contributed by atoms with van der Waals surface area (Å²) < 4.78 is 10.4. The van der Waals surface area contributed by atoms with Gasteiger partial charge in [0.1, 0.15) is 0 Å². The van der Waals surface area contributed by atoms with E-state index >= 15 is 0 Å². The molecule has 12 heavy (non-hydrogen) atoms. The largest absolute Gasteiger partial charge is 0.479 e. The summed E-state index contributed by atoms with van der Waals surface area (Å²) >= 11 is 0. The number of carboxylic acids is 1. The Morgan fingerprint density at radius 1 is 1.67 bits per heavy atom. The van der Waals surface area contributed by atoms with Crippen molar-refractivity contribution < 1.29 is 19.4 Å². The topological polar surface area (TPSA) is 55.8 Å². The highest BCUT2D eigenvalue weighted by Gasteiger charge is 2.44. The monoisotopic (exact) mass is 174 g/mol. The SMILES string of the molecule is COC1CC(C(=O)O)OC1(C)C. The fourth-order valence-corrected chi connectivity index (χ4v) is 1.50. The second-order valence-corrected chi connectivity index (χ2v) is 3.51. The molecule has 2 atom stereocenters. The molecule has 1 aliphatic rings. The third-order valence-corrected chi connectivity index (χ3v) is 2.21. The van der Waals surface area contributed by atoms with Gasteiger partial charge in [-0.05, 0) is 13.8 Å². The second kappa shape index (κ2) is 3.03. The highest BCUT2D eigenvalue weighted by molar-refractivity contribution is 5.72. The maximum atomic E-state index is 10.6. The third kappa shape index (κ3) is 1.59. The Balaban J connectivity index is 2.66. The van der Waals surface area contributed by atoms with Crippen LogP contribution in [0.3, 0.4) is 0 Å². The zero-order valence-electron chi connectivity index (χ0n) is 7.53. The lowest BCUT2D eigenvalue weighted by molar-refractivity contribution is -0.154. The van der Waals surface area contributed by atoms with Crippen LogP contribution >= 0.6 is 0 Å². The van der Waals surface area contributed by atoms with Crippen molar-refractivity contribution >= 4 is 5.97 Å². The van der Waals surface area contributed by atoms with E-state index < -0.39 is 17.7 Å². The van der Waals surface area contributed by atoms with Crippen molar-refractivity contribution in [1.82, 2.24) is 0 Å². The number of aliphatic carboxylic acids is 1. The molecule has 1 saturated heterocycles. The Hall–Kier alpha value is -0.610. The van der Waals surface area contributed by atoms with Crippen LogP contribution in [0, 0.1) is 0 Å². The minimum Gasteiger partial charge on any atom is -0.479 e. The molecule has 0 radical (unpaired) electrons. The van der Waals surface area contributed by atoms with Crippen molar-refractivity contribution in [2.24, 2.45) is 0 Å². The first-order chi connectivity index (χ1) is 5.47. The molecule has 0 aliphatic carbocycles. The number of ether oxygens (including phenoxy) is 2. The van der Waals surface area contributed by atoms with E-state index in [-0.39, 0.29) is 6.10 Å². The fourth-order valence-electron chi connectivity index (χ4n) is 1.50. The summed E-state index contributed by atoms with van der Waals surface area (Å²) in [5, 5.41) is 8.68. The first-order valence-corrected chi connectivity index (χ1v) is 3.91. The van der Waals surface area contributed by atoms with Crippen molar-refractivity contribution in [3.8, 4) is 0 Å². The Kier molecular flexibility index (Phi) is 2.39. The number of hydrogen-bond acceptors (Lipinski definition) is 3. The van der Waals surface area contributed by atoms with E-state index in [0.717, 1.165) is 0 Å². The Labute approximate surface area is 71.5 Å². The van der Waals surface area contributed by atoms with Gasteiger partial charge >= 0.3 is 5.97 Å². The van der Waals surface area contributed by atoms with Gasteiger partial charge in [-0.3, -0.25) is 0 Å². The van der Waals surface area contributed by atoms with E-state index in [1.165, 1.54) is 0 Å². The van der Waals surface area contributed by atoms with E-state index in [9.17, 15) is 4.79 Å². The average molecular weight is 174 g/mol. The number of hydrogen-bond donors (Lipinski definition) is 1. The lowest BCUT2D eigenvalue weighted by Crippen LogP contribution is -2.33. The molecule has 0 aromatic carbocycles. The zero-order valence-corrected chi connectivity index (χ0v) is 7.53. The Morgan fingerprint density at radius 2 is 2.25 bits per heavy atom. The molecule has 0 amide bonds. The molecule has 1 fully saturated rings. The molecule has 70 valence electrons. The van der Waals surface area contributed by atoms with E-state index in [1.54, 1.807) is 7.11 Å². The summed E-state index contributed by atoms with van der Waals surface area (Å²) in [7, 11) is 1.57. The molecule has 2 unspecified atom stereocenters. The van der Waals surface area contributed by atoms with Gasteiger partial charge in [-0.25, -0.2) is 4.79 Å². The van der Waals surface area contributed by atoms with Crippen LogP contribution in [0.5, 0.6) is 0 Å². The van der Waals surface area contributed by atoms with Crippen LogP contribution in [-0.4, -0.2) is 36.0 Å². The molecular formula is C8H14O4. The number of carbonyl (C=O) groups is 1. The van der Waals surface area contributed by atoms with Crippen LogP contribution in [0.4, 0.5) is 0 Å². The minimum absolute atomic E-state index is 0.126. The molecule has 0 aromatic rings. The second-order valence-electron chi connectivity index (χ2n) is 3.51. The van der Waals surface area contributed by atoms with Gasteiger partial charge in [-0.1, -0.05) is 0 Å². The molecule has 1 rings (SSSR count). The van der Waals surface area contributed by atoms with Gasteiger partial charge in [-0.15, -0.1) is 0 Å². The maximum absolute atomic E-state index is 10.6. The highest BCUT2D eigenvalue weighted by atomic mass is 16.6. The first-order valence-electron chi connectivity index (χ1n) is 3.91. The lowest BCUT2D eigenvalue weighted by atomic mass is 10.0. The van der Waals surface area contributed by atoms with Gasteiger partial charge < -0.3 is 14.6 Å². The molecule has 0 aromatic heterocycles. The van der Waals surface area contributed by atoms with Crippen molar-refractivity contribution in [1.29, 1.82) is 0 Å². The molecule has 0 spiro atoms. The van der Waals surface area contributed by atoms with E-state index in [0.29, 0.717) is 6.42 Å². The molecule has 0 bridgehead atoms. The normalized spacial score (nSPS) is 33.6. The van der Waals surface area contributed by atoms with Gasteiger partial charge in [0.25, 0.3) is 0 Å². The number of methoxy groups -OCH3 is 1. The number of carboxylic acid groups (broad SMARTS) is 1. The van der Waals surface area contributed by atoms with E-state index in [4.69, 9.17) is 14.6 Å². The lowest BCUT2D eigenvalue weighted by Gasteiger charge is -2.24. The molecule has 1 aliphatic heterocycles. The van der Waals surface area contributed by atoms with Gasteiger partial charge in [0.05, 0.1) is 11.7 Å². The van der Waals surface area contributed by atoms with Crippen molar-refractivity contribution in [3.63, 3.8) is 0 Å². The van der Waals surface area contributed by atoms with Crippen LogP contribution in [0.2, 0.25) is 0 Å². The van der Waals surface area contributed by atoms with E-state index in [1.807, 2.05) is 13.8 Å². The predicted octanol–water partition coefficient (Wildman–Crippen LogP) is 0.653. The minimum atomic E-state index is -0.914. The molecular weight excluding hydrogens is 160 g/mol. The number of rotatable bonds is 2. The average Bonchev–Trinajstić information content (AvgIpc) is 2.25. The third-order valence-electron chi connectivity index (χ3n) is 2.21. The van der Waals surface area contributed by atoms with Crippen LogP contribution in [0.25, 0.3) is 0 Å². The fraction of sp³-hybridized carbons (Fsp3) is 0.875. The van der Waals surface area contributed by atoms with Crippen LogP contribution < -0.4 is 0 Å². The summed E-state index contributed by atoms with van der Waals surface area (Å²) in [5.74, 6) is -0.914. The van der Waals surface area contributed by atoms with Crippen LogP contribution in [0.1, 0.15) is 20.3 Å². The first kappa shape index (κ1) is 9.48. The van der Waals surface area contributed by atoms with E-state index in [2.05, 4.69) is 0 Å². The molecule has 0 saturated carbocycles. The predicted molar refractivity (Wildman–Crippen MR) is 42.0 cm³/mol. The summed E-state index contributed by atoms with van der Waals surface area (Å²) in [6, 6.07) is 0. The van der Waals surface area contributed by atoms with Crippen molar-refractivity contribution in [2.75, 3.05) is 7.11 Å². The maximum Gasteiger partial charge on any atom is 0.332 e. The summed E-state index contributed by atoms with van der Waals surface area (Å²) in [6.07, 6.45) is -0.415. The molecule has 4 nitrogen and oxygen atoms in total. The van der Waals surface area contributed by atoms with Gasteiger partial charge in [-0.2, -0.15) is 0 Å². The quantitative estimate of drug-likeness (QED) is 0.668. The zero-order chi connectivity index (χ0) is 9.35. The van der Waals surface area contributed by atoms with Crippen LogP contribution in [0.15, 0.2) is 0 Å². The Bertz CT molecular complexity index is 187. The Morgan fingerprint density at radius 3 is 2.50 bits per heavy atom. The van der Waals surface area contributed by atoms with Crippen molar-refractivity contribution in [3.05, 3.63) is 0 Å². The smallest absolute Gasteiger partial charge is 0.332 e. The standard InChI is InChI=1S/C8H14O4/c1-8(2)6(11-3)4-5(12-8)7(9)10/h5-6H,4H2,1-3H3,(H,9,10). The summed E-state index contributed by atoms with van der Waals surface area (Å²) in [5.41, 5.74) is -0.488. The van der Waals surface area contributed by atoms with Gasteiger partial charge in [0.2, 0.25) is 0 Å². The molecule has 1 heterocycles.